The van der Waals surface area contributed by atoms with Crippen LogP contribution in [0.1, 0.15) is 79.4 Å². The fraction of sp³-hybridized carbons (Fsp3) is 0.462. The van der Waals surface area contributed by atoms with Gasteiger partial charge in [-0.3, -0.25) is 4.79 Å². The molecule has 0 aliphatic heterocycles. The zero-order valence-corrected chi connectivity index (χ0v) is 20.0. The van der Waals surface area contributed by atoms with E-state index >= 15 is 0 Å². The van der Waals surface area contributed by atoms with E-state index in [2.05, 4.69) is 45.1 Å². The number of rotatable bonds is 6. The van der Waals surface area contributed by atoms with Crippen LogP contribution in [0.4, 0.5) is 5.00 Å². The molecule has 1 aliphatic carbocycles. The number of carbonyl (C=O) groups is 2. The van der Waals surface area contributed by atoms with Crippen molar-refractivity contribution in [2.24, 2.45) is 5.92 Å². The predicted molar refractivity (Wildman–Crippen MR) is 129 cm³/mol. The van der Waals surface area contributed by atoms with Crippen LogP contribution in [0.2, 0.25) is 0 Å². The van der Waals surface area contributed by atoms with Gasteiger partial charge in [-0.1, -0.05) is 58.9 Å². The summed E-state index contributed by atoms with van der Waals surface area (Å²) in [6.07, 6.45) is 6.94. The lowest BCUT2D eigenvalue weighted by Gasteiger charge is -2.18. The first kappa shape index (κ1) is 23.3. The van der Waals surface area contributed by atoms with Crippen LogP contribution in [0, 0.1) is 5.92 Å². The van der Waals surface area contributed by atoms with Gasteiger partial charge in [-0.2, -0.15) is 0 Å². The zero-order valence-electron chi connectivity index (χ0n) is 19.2. The molecule has 1 N–H and O–H groups in total. The molecule has 166 valence electrons. The first-order valence-corrected chi connectivity index (χ1v) is 11.9. The standard InChI is InChI=1S/C26H33NO3S/c1-6-15-30-25(29)23-20-13-7-17(2)16-21(20)31-24(23)27-22(28)14-10-18-8-11-19(12-9-18)26(3,4)5/h8-12,14,17H,6-7,13,15-16H2,1-5H3,(H,27,28). The number of thiophene rings is 1. The molecule has 4 nitrogen and oxygen atoms in total. The van der Waals surface area contributed by atoms with Crippen LogP contribution in [-0.4, -0.2) is 18.5 Å². The molecule has 0 spiro atoms. The number of esters is 1. The van der Waals surface area contributed by atoms with E-state index in [0.717, 1.165) is 36.8 Å². The van der Waals surface area contributed by atoms with Crippen LogP contribution in [0.5, 0.6) is 0 Å². The van der Waals surface area contributed by atoms with Crippen molar-refractivity contribution in [1.29, 1.82) is 0 Å². The summed E-state index contributed by atoms with van der Waals surface area (Å²) in [5, 5.41) is 3.55. The van der Waals surface area contributed by atoms with Crippen LogP contribution >= 0.6 is 11.3 Å². The molecule has 0 saturated carbocycles. The van der Waals surface area contributed by atoms with E-state index in [1.165, 1.54) is 27.9 Å². The number of anilines is 1. The average Bonchev–Trinajstić information content (AvgIpc) is 3.06. The summed E-state index contributed by atoms with van der Waals surface area (Å²) in [7, 11) is 0. The Bertz CT molecular complexity index is 964. The number of ether oxygens (including phenoxy) is 1. The second kappa shape index (κ2) is 9.82. The third-order valence-electron chi connectivity index (χ3n) is 5.59. The maximum absolute atomic E-state index is 12.7. The van der Waals surface area contributed by atoms with E-state index in [1.54, 1.807) is 6.08 Å². The molecule has 1 aliphatic rings. The number of amides is 1. The van der Waals surface area contributed by atoms with Gasteiger partial charge in [-0.05, 0) is 59.8 Å². The molecule has 3 rings (SSSR count). The molecule has 0 bridgehead atoms. The molecule has 1 amide bonds. The summed E-state index contributed by atoms with van der Waals surface area (Å²) in [6.45, 7) is 11.1. The third-order valence-corrected chi connectivity index (χ3v) is 6.76. The smallest absolute Gasteiger partial charge is 0.341 e. The number of nitrogens with one attached hydrogen (secondary N) is 1. The summed E-state index contributed by atoms with van der Waals surface area (Å²) in [6, 6.07) is 8.22. The lowest BCUT2D eigenvalue weighted by Crippen LogP contribution is -2.16. The topological polar surface area (TPSA) is 55.4 Å². The molecule has 0 fully saturated rings. The predicted octanol–water partition coefficient (Wildman–Crippen LogP) is 6.39. The Labute approximate surface area is 189 Å². The Hall–Kier alpha value is -2.40. The fourth-order valence-electron chi connectivity index (χ4n) is 3.74. The Kier molecular flexibility index (Phi) is 7.37. The molecular weight excluding hydrogens is 406 g/mol. The van der Waals surface area contributed by atoms with E-state index in [0.29, 0.717) is 23.1 Å². The Morgan fingerprint density at radius 1 is 1.23 bits per heavy atom. The van der Waals surface area contributed by atoms with Gasteiger partial charge < -0.3 is 10.1 Å². The first-order valence-electron chi connectivity index (χ1n) is 11.1. The van der Waals surface area contributed by atoms with Gasteiger partial charge in [0, 0.05) is 11.0 Å². The maximum atomic E-state index is 12.7. The van der Waals surface area contributed by atoms with E-state index in [9.17, 15) is 9.59 Å². The molecule has 1 aromatic heterocycles. The van der Waals surface area contributed by atoms with E-state index in [1.807, 2.05) is 19.1 Å². The highest BCUT2D eigenvalue weighted by Gasteiger charge is 2.29. The zero-order chi connectivity index (χ0) is 22.6. The molecule has 1 atom stereocenters. The molecule has 0 radical (unpaired) electrons. The van der Waals surface area contributed by atoms with Gasteiger partial charge in [-0.25, -0.2) is 4.79 Å². The molecule has 5 heteroatoms. The van der Waals surface area contributed by atoms with Gasteiger partial charge in [0.05, 0.1) is 12.2 Å². The van der Waals surface area contributed by atoms with Crippen molar-refractivity contribution in [3.05, 3.63) is 57.5 Å². The number of benzene rings is 1. The van der Waals surface area contributed by atoms with Gasteiger partial charge in [0.15, 0.2) is 0 Å². The molecule has 1 unspecified atom stereocenters. The quantitative estimate of drug-likeness (QED) is 0.419. The monoisotopic (exact) mass is 439 g/mol. The van der Waals surface area contributed by atoms with Gasteiger partial charge in [0.1, 0.15) is 5.00 Å². The minimum absolute atomic E-state index is 0.0954. The summed E-state index contributed by atoms with van der Waals surface area (Å²) in [4.78, 5) is 26.6. The number of fused-ring (bicyclic) bond motifs is 1. The van der Waals surface area contributed by atoms with Crippen LogP contribution in [-0.2, 0) is 27.8 Å². The highest BCUT2D eigenvalue weighted by Crippen LogP contribution is 2.40. The normalized spacial score (nSPS) is 16.2. The van der Waals surface area contributed by atoms with Crippen molar-refractivity contribution >= 4 is 34.3 Å². The van der Waals surface area contributed by atoms with E-state index < -0.39 is 0 Å². The summed E-state index contributed by atoms with van der Waals surface area (Å²) < 4.78 is 5.42. The number of carbonyl (C=O) groups excluding carboxylic acids is 2. The van der Waals surface area contributed by atoms with Crippen molar-refractivity contribution in [3.63, 3.8) is 0 Å². The molecule has 31 heavy (non-hydrogen) atoms. The second-order valence-corrected chi connectivity index (χ2v) is 10.5. The number of hydrogen-bond acceptors (Lipinski definition) is 4. The average molecular weight is 440 g/mol. The van der Waals surface area contributed by atoms with Crippen LogP contribution in [0.25, 0.3) is 6.08 Å². The molecular formula is C26H33NO3S. The maximum Gasteiger partial charge on any atom is 0.341 e. The van der Waals surface area contributed by atoms with Gasteiger partial charge >= 0.3 is 5.97 Å². The minimum atomic E-state index is -0.328. The van der Waals surface area contributed by atoms with Crippen molar-refractivity contribution in [3.8, 4) is 0 Å². The summed E-state index contributed by atoms with van der Waals surface area (Å²) in [5.41, 5.74) is 3.92. The first-order chi connectivity index (χ1) is 14.7. The van der Waals surface area contributed by atoms with Crippen molar-refractivity contribution < 1.29 is 14.3 Å². The Morgan fingerprint density at radius 2 is 1.94 bits per heavy atom. The lowest BCUT2D eigenvalue weighted by atomic mass is 9.87. The third kappa shape index (κ3) is 5.85. The van der Waals surface area contributed by atoms with Crippen LogP contribution in [0.3, 0.4) is 0 Å². The molecule has 1 aromatic carbocycles. The fourth-order valence-corrected chi connectivity index (χ4v) is 5.14. The summed E-state index contributed by atoms with van der Waals surface area (Å²) in [5.74, 6) is 0.0206. The van der Waals surface area contributed by atoms with Gasteiger partial charge in [-0.15, -0.1) is 11.3 Å². The SMILES string of the molecule is CCCOC(=O)c1c(NC(=O)C=Cc2ccc(C(C)(C)C)cc2)sc2c1CCC(C)C2. The second-order valence-electron chi connectivity index (χ2n) is 9.39. The molecule has 0 saturated heterocycles. The lowest BCUT2D eigenvalue weighted by molar-refractivity contribution is -0.111. The van der Waals surface area contributed by atoms with Crippen molar-refractivity contribution in [1.82, 2.24) is 0 Å². The Balaban J connectivity index is 1.77. The van der Waals surface area contributed by atoms with Gasteiger partial charge in [0.2, 0.25) is 5.91 Å². The largest absolute Gasteiger partial charge is 0.462 e. The molecule has 2 aromatic rings. The summed E-state index contributed by atoms with van der Waals surface area (Å²) >= 11 is 1.52. The van der Waals surface area contributed by atoms with Gasteiger partial charge in [0.25, 0.3) is 0 Å². The van der Waals surface area contributed by atoms with E-state index in [4.69, 9.17) is 4.74 Å². The number of hydrogen-bond donors (Lipinski definition) is 1. The van der Waals surface area contributed by atoms with Crippen LogP contribution in [0.15, 0.2) is 30.3 Å². The van der Waals surface area contributed by atoms with Crippen molar-refractivity contribution in [2.45, 2.75) is 65.7 Å². The minimum Gasteiger partial charge on any atom is -0.462 e. The highest BCUT2D eigenvalue weighted by atomic mass is 32.1. The van der Waals surface area contributed by atoms with Crippen molar-refractivity contribution in [2.75, 3.05) is 11.9 Å². The van der Waals surface area contributed by atoms with Crippen LogP contribution < -0.4 is 5.32 Å². The highest BCUT2D eigenvalue weighted by molar-refractivity contribution is 7.17. The molecule has 1 heterocycles. The Morgan fingerprint density at radius 3 is 2.58 bits per heavy atom. The van der Waals surface area contributed by atoms with E-state index in [-0.39, 0.29) is 17.3 Å².